The number of halogens is 4. The minimum Gasteiger partial charge on any atom is -0.382 e. The molecule has 1 aliphatic rings. The van der Waals surface area contributed by atoms with Gasteiger partial charge in [0, 0.05) is 28.7 Å². The third-order valence-corrected chi connectivity index (χ3v) is 6.27. The van der Waals surface area contributed by atoms with Crippen molar-refractivity contribution in [1.82, 2.24) is 10.3 Å². The maximum absolute atomic E-state index is 13.9. The molecule has 0 saturated heterocycles. The van der Waals surface area contributed by atoms with E-state index >= 15 is 0 Å². The van der Waals surface area contributed by atoms with E-state index in [2.05, 4.69) is 21.7 Å². The van der Waals surface area contributed by atoms with Crippen LogP contribution in [-0.2, 0) is 6.18 Å². The molecule has 1 aliphatic carbocycles. The molecule has 1 aromatic heterocycles. The van der Waals surface area contributed by atoms with E-state index in [1.165, 1.54) is 12.1 Å². The summed E-state index contributed by atoms with van der Waals surface area (Å²) in [6.07, 6.45) is -1.95. The number of fused-ring (bicyclic) bond motifs is 1. The molecule has 4 rings (SSSR count). The number of hydrogen-bond donors (Lipinski definition) is 2. The molecule has 1 amide bonds. The van der Waals surface area contributed by atoms with Gasteiger partial charge >= 0.3 is 6.18 Å². The molecule has 0 spiro atoms. The Hall–Kier alpha value is -3.67. The van der Waals surface area contributed by atoms with Crippen LogP contribution in [0.15, 0.2) is 48.5 Å². The molecule has 3 atom stereocenters. The lowest BCUT2D eigenvalue weighted by molar-refractivity contribution is -0.140. The van der Waals surface area contributed by atoms with E-state index < -0.39 is 17.7 Å². The van der Waals surface area contributed by atoms with Gasteiger partial charge in [-0.2, -0.15) is 18.4 Å². The fraction of sp³-hybridized carbons (Fsp3) is 0.346. The molecule has 3 aromatic rings. The molecule has 0 radical (unpaired) electrons. The van der Waals surface area contributed by atoms with Crippen LogP contribution in [-0.4, -0.2) is 23.0 Å². The lowest BCUT2D eigenvalue weighted by Gasteiger charge is -2.31. The molecule has 2 N–H and O–H groups in total. The van der Waals surface area contributed by atoms with E-state index in [9.17, 15) is 22.4 Å². The summed E-state index contributed by atoms with van der Waals surface area (Å²) in [5.74, 6) is -1.17. The van der Waals surface area contributed by atoms with Gasteiger partial charge in [-0.3, -0.25) is 4.79 Å². The highest BCUT2D eigenvalue weighted by atomic mass is 19.4. The van der Waals surface area contributed by atoms with Gasteiger partial charge in [-0.05, 0) is 74.6 Å². The predicted octanol–water partition coefficient (Wildman–Crippen LogP) is 6.17. The highest BCUT2D eigenvalue weighted by Gasteiger charge is 2.34. The Morgan fingerprint density at radius 1 is 1.14 bits per heavy atom. The van der Waals surface area contributed by atoms with Crippen LogP contribution in [0.4, 0.5) is 23.2 Å². The van der Waals surface area contributed by atoms with Crippen molar-refractivity contribution in [3.05, 3.63) is 71.2 Å². The highest BCUT2D eigenvalue weighted by molar-refractivity contribution is 5.94. The zero-order chi connectivity index (χ0) is 25.2. The summed E-state index contributed by atoms with van der Waals surface area (Å²) >= 11 is 0. The first kappa shape index (κ1) is 24.5. The van der Waals surface area contributed by atoms with E-state index in [4.69, 9.17) is 5.26 Å². The Balaban J connectivity index is 1.51. The lowest BCUT2D eigenvalue weighted by atomic mass is 9.90. The number of nitriles is 1. The van der Waals surface area contributed by atoms with Gasteiger partial charge in [0.1, 0.15) is 11.5 Å². The summed E-state index contributed by atoms with van der Waals surface area (Å²) in [6.45, 7) is 1.76. The topological polar surface area (TPSA) is 77.8 Å². The van der Waals surface area contributed by atoms with E-state index in [0.29, 0.717) is 18.4 Å². The molecule has 2 aromatic carbocycles. The summed E-state index contributed by atoms with van der Waals surface area (Å²) in [5, 5.41) is 15.5. The van der Waals surface area contributed by atoms with Crippen molar-refractivity contribution in [2.24, 2.45) is 0 Å². The summed E-state index contributed by atoms with van der Waals surface area (Å²) < 4.78 is 54.0. The van der Waals surface area contributed by atoms with E-state index in [0.717, 1.165) is 30.5 Å². The number of nitrogens with zero attached hydrogens (tertiary/aromatic N) is 2. The smallest absolute Gasteiger partial charge is 0.382 e. The summed E-state index contributed by atoms with van der Waals surface area (Å²) in [5.41, 5.74) is 0.366. The van der Waals surface area contributed by atoms with Crippen LogP contribution >= 0.6 is 0 Å². The van der Waals surface area contributed by atoms with Crippen molar-refractivity contribution in [2.75, 3.05) is 5.32 Å². The second-order valence-electron chi connectivity index (χ2n) is 8.87. The first-order valence-corrected chi connectivity index (χ1v) is 11.4. The minimum absolute atomic E-state index is 0.0517. The molecule has 1 unspecified atom stereocenters. The number of benzene rings is 2. The lowest BCUT2D eigenvalue weighted by Crippen LogP contribution is -2.41. The Bertz CT molecular complexity index is 1280. The molecule has 35 heavy (non-hydrogen) atoms. The van der Waals surface area contributed by atoms with Gasteiger partial charge in [0.15, 0.2) is 0 Å². The van der Waals surface area contributed by atoms with Crippen LogP contribution in [0.25, 0.3) is 10.9 Å². The first-order valence-electron chi connectivity index (χ1n) is 11.4. The maximum Gasteiger partial charge on any atom is 0.433 e. The molecule has 0 bridgehead atoms. The van der Waals surface area contributed by atoms with E-state index in [-0.39, 0.29) is 40.5 Å². The molecule has 9 heteroatoms. The number of aromatic nitrogens is 1. The van der Waals surface area contributed by atoms with Gasteiger partial charge in [0.25, 0.3) is 5.91 Å². The zero-order valence-corrected chi connectivity index (χ0v) is 19.0. The van der Waals surface area contributed by atoms with E-state index in [1.807, 2.05) is 0 Å². The van der Waals surface area contributed by atoms with Crippen LogP contribution < -0.4 is 10.6 Å². The number of carbonyl (C=O) groups is 1. The van der Waals surface area contributed by atoms with Crippen molar-refractivity contribution in [1.29, 1.82) is 5.26 Å². The highest BCUT2D eigenvalue weighted by Crippen LogP contribution is 2.34. The normalized spacial score (nSPS) is 19.1. The van der Waals surface area contributed by atoms with Crippen LogP contribution in [0.2, 0.25) is 0 Å². The number of hydrogen-bond acceptors (Lipinski definition) is 4. The van der Waals surface area contributed by atoms with Crippen molar-refractivity contribution in [2.45, 2.75) is 56.8 Å². The third-order valence-electron chi connectivity index (χ3n) is 6.27. The molecule has 182 valence electrons. The Kier molecular flexibility index (Phi) is 6.92. The van der Waals surface area contributed by atoms with Crippen LogP contribution in [0.5, 0.6) is 0 Å². The third kappa shape index (κ3) is 5.70. The number of pyridine rings is 1. The number of rotatable bonds is 5. The van der Waals surface area contributed by atoms with Gasteiger partial charge in [-0.25, -0.2) is 9.37 Å². The van der Waals surface area contributed by atoms with Crippen molar-refractivity contribution in [3.63, 3.8) is 0 Å². The van der Waals surface area contributed by atoms with Crippen molar-refractivity contribution >= 4 is 22.5 Å². The van der Waals surface area contributed by atoms with Crippen LogP contribution in [0.1, 0.15) is 60.1 Å². The van der Waals surface area contributed by atoms with Gasteiger partial charge in [0.2, 0.25) is 0 Å². The van der Waals surface area contributed by atoms with Gasteiger partial charge in [0.05, 0.1) is 17.5 Å². The van der Waals surface area contributed by atoms with Crippen molar-refractivity contribution < 1.29 is 22.4 Å². The average molecular weight is 484 g/mol. The summed E-state index contributed by atoms with van der Waals surface area (Å²) in [7, 11) is 0. The van der Waals surface area contributed by atoms with Gasteiger partial charge in [-0.15, -0.1) is 0 Å². The molecule has 1 fully saturated rings. The number of anilines is 1. The predicted molar refractivity (Wildman–Crippen MR) is 124 cm³/mol. The Morgan fingerprint density at radius 3 is 2.66 bits per heavy atom. The Labute approximate surface area is 200 Å². The fourth-order valence-corrected chi connectivity index (χ4v) is 4.43. The first-order chi connectivity index (χ1) is 16.6. The molecule has 1 saturated carbocycles. The van der Waals surface area contributed by atoms with Crippen molar-refractivity contribution in [3.8, 4) is 6.07 Å². The number of carbonyl (C=O) groups excluding carboxylic acids is 1. The second-order valence-corrected chi connectivity index (χ2v) is 8.87. The largest absolute Gasteiger partial charge is 0.433 e. The molecule has 0 aliphatic heterocycles. The Morgan fingerprint density at radius 2 is 1.91 bits per heavy atom. The van der Waals surface area contributed by atoms with Gasteiger partial charge in [-0.1, -0.05) is 12.1 Å². The molecular weight excluding hydrogens is 460 g/mol. The fourth-order valence-electron chi connectivity index (χ4n) is 4.43. The summed E-state index contributed by atoms with van der Waals surface area (Å²) in [6, 6.07) is 13.0. The monoisotopic (exact) mass is 484 g/mol. The molecular formula is C26H24F4N4O. The van der Waals surface area contributed by atoms with Crippen LogP contribution in [0.3, 0.4) is 0 Å². The number of amides is 1. The quantitative estimate of drug-likeness (QED) is 0.425. The van der Waals surface area contributed by atoms with Gasteiger partial charge < -0.3 is 10.6 Å². The number of nitrogens with one attached hydrogen (secondary N) is 2. The van der Waals surface area contributed by atoms with E-state index in [1.54, 1.807) is 31.2 Å². The zero-order valence-electron chi connectivity index (χ0n) is 19.0. The SMILES string of the molecule is CC(C#N)c1cccc(C(=O)N[C@@H]2CCC[C@H](Nc3cc(C(F)(F)F)nc4ccc(F)cc34)C2)c1. The average Bonchev–Trinajstić information content (AvgIpc) is 2.83. The number of alkyl halides is 3. The standard InChI is InChI=1S/C26H24F4N4O/c1-15(14-31)16-4-2-5-17(10-16)25(35)33-20-7-3-6-19(12-20)32-23-13-24(26(28,29)30)34-22-9-8-18(27)11-21(22)23/h2,4-5,8-11,13,15,19-20H,3,6-7,12H2,1H3,(H,32,34)(H,33,35)/t15?,19-,20+/m0/s1. The molecule has 5 nitrogen and oxygen atoms in total. The summed E-state index contributed by atoms with van der Waals surface area (Å²) in [4.78, 5) is 16.5. The second kappa shape index (κ2) is 9.90. The van der Waals surface area contributed by atoms with Crippen LogP contribution in [0, 0.1) is 17.1 Å². The maximum atomic E-state index is 13.9. The molecule has 1 heterocycles. The minimum atomic E-state index is -4.64.